The molecule has 4 aromatic rings. The second-order valence-electron chi connectivity index (χ2n) is 10.1. The van der Waals surface area contributed by atoms with Crippen LogP contribution in [0.4, 0.5) is 5.69 Å². The maximum absolute atomic E-state index is 14.2. The van der Waals surface area contributed by atoms with Crippen LogP contribution in [0.1, 0.15) is 36.6 Å². The molecule has 47 heavy (non-hydrogen) atoms. The van der Waals surface area contributed by atoms with Crippen molar-refractivity contribution in [2.24, 2.45) is 4.99 Å². The van der Waals surface area contributed by atoms with E-state index in [9.17, 15) is 19.7 Å². The van der Waals surface area contributed by atoms with Gasteiger partial charge < -0.3 is 23.7 Å². The Balaban J connectivity index is 1.69. The number of fused-ring (bicyclic) bond motifs is 1. The van der Waals surface area contributed by atoms with Crippen molar-refractivity contribution in [1.29, 1.82) is 0 Å². The van der Waals surface area contributed by atoms with Gasteiger partial charge in [0, 0.05) is 4.47 Å². The number of esters is 1. The van der Waals surface area contributed by atoms with E-state index in [0.717, 1.165) is 16.9 Å². The van der Waals surface area contributed by atoms with E-state index in [1.807, 2.05) is 30.3 Å². The van der Waals surface area contributed by atoms with Gasteiger partial charge in [-0.05, 0) is 49.2 Å². The van der Waals surface area contributed by atoms with Crippen molar-refractivity contribution in [1.82, 2.24) is 4.57 Å². The van der Waals surface area contributed by atoms with E-state index in [2.05, 4.69) is 20.9 Å². The van der Waals surface area contributed by atoms with E-state index in [1.54, 1.807) is 26.0 Å². The molecule has 0 bridgehead atoms. The van der Waals surface area contributed by atoms with Gasteiger partial charge in [-0.25, -0.2) is 9.79 Å². The molecule has 0 fully saturated rings. The third-order valence-electron chi connectivity index (χ3n) is 7.35. The number of ether oxygens (including phenoxy) is 5. The van der Waals surface area contributed by atoms with Crippen molar-refractivity contribution in [3.8, 4) is 23.0 Å². The van der Waals surface area contributed by atoms with E-state index in [4.69, 9.17) is 23.7 Å². The maximum Gasteiger partial charge on any atom is 0.338 e. The normalized spacial score (nSPS) is 14.3. The Bertz CT molecular complexity index is 2070. The van der Waals surface area contributed by atoms with Gasteiger partial charge in [-0.3, -0.25) is 19.5 Å². The SMILES string of the molecule is CCOC(=O)C1=C(C)N=c2s/c(=C\c3cc(OC)c(OCc4ccccc4)cc3[N+](=O)[O-])c(=O)n2[C@H]1c1cc(OC)c(OC)cc1Br. The fourth-order valence-corrected chi connectivity index (χ4v) is 6.73. The second-order valence-corrected chi connectivity index (χ2v) is 12.0. The molecule has 1 aromatic heterocycles. The number of methoxy groups -OCH3 is 3. The molecule has 0 radical (unpaired) electrons. The molecule has 2 heterocycles. The molecule has 14 heteroatoms. The highest BCUT2D eigenvalue weighted by Crippen LogP contribution is 2.41. The molecule has 0 aliphatic carbocycles. The number of hydrogen-bond acceptors (Lipinski definition) is 11. The van der Waals surface area contributed by atoms with Crippen LogP contribution in [-0.2, 0) is 16.1 Å². The summed E-state index contributed by atoms with van der Waals surface area (Å²) < 4.78 is 29.8. The van der Waals surface area contributed by atoms with Crippen molar-refractivity contribution >= 4 is 45.0 Å². The van der Waals surface area contributed by atoms with Crippen molar-refractivity contribution in [2.45, 2.75) is 26.5 Å². The maximum atomic E-state index is 14.2. The monoisotopic (exact) mass is 723 g/mol. The highest BCUT2D eigenvalue weighted by atomic mass is 79.9. The summed E-state index contributed by atoms with van der Waals surface area (Å²) in [6, 6.07) is 14.5. The van der Waals surface area contributed by atoms with E-state index in [1.165, 1.54) is 44.1 Å². The van der Waals surface area contributed by atoms with Gasteiger partial charge in [-0.15, -0.1) is 0 Å². The molecule has 3 aromatic carbocycles. The number of aromatic nitrogens is 1. The number of hydrogen-bond donors (Lipinski definition) is 0. The lowest BCUT2D eigenvalue weighted by atomic mass is 9.95. The molecular formula is C33H30BrN3O9S. The molecule has 12 nitrogen and oxygen atoms in total. The average Bonchev–Trinajstić information content (AvgIpc) is 3.37. The number of rotatable bonds is 11. The lowest BCUT2D eigenvalue weighted by Gasteiger charge is -2.26. The molecule has 5 rings (SSSR count). The standard InChI is InChI=1S/C33H30BrN3O9S/c1-6-45-32(39)29-18(2)35-33-36(30(29)21-14-25(43-4)26(44-5)15-22(21)34)31(38)28(47-33)13-20-12-24(42-3)27(16-23(20)37(40)41)46-17-19-10-8-7-9-11-19/h7-16,30H,6,17H2,1-5H3/b28-13-/t30-/m0/s1. The molecule has 0 saturated heterocycles. The summed E-state index contributed by atoms with van der Waals surface area (Å²) >= 11 is 4.60. The lowest BCUT2D eigenvalue weighted by molar-refractivity contribution is -0.385. The van der Waals surface area contributed by atoms with E-state index in [-0.39, 0.29) is 50.9 Å². The predicted molar refractivity (Wildman–Crippen MR) is 178 cm³/mol. The number of carbonyl (C=O) groups excluding carboxylic acids is 1. The Morgan fingerprint density at radius 2 is 1.70 bits per heavy atom. The summed E-state index contributed by atoms with van der Waals surface area (Å²) in [4.78, 5) is 44.1. The van der Waals surface area contributed by atoms with Crippen LogP contribution in [0.3, 0.4) is 0 Å². The second kappa shape index (κ2) is 14.2. The zero-order chi connectivity index (χ0) is 33.8. The number of carbonyl (C=O) groups is 1. The zero-order valence-electron chi connectivity index (χ0n) is 26.1. The predicted octanol–water partition coefficient (Wildman–Crippen LogP) is 5.07. The zero-order valence-corrected chi connectivity index (χ0v) is 28.5. The molecule has 1 aliphatic rings. The topological polar surface area (TPSA) is 141 Å². The van der Waals surface area contributed by atoms with Gasteiger partial charge in [0.05, 0.1) is 66.3 Å². The van der Waals surface area contributed by atoms with Crippen LogP contribution in [0, 0.1) is 10.1 Å². The third kappa shape index (κ3) is 6.65. The van der Waals surface area contributed by atoms with E-state index >= 15 is 0 Å². The van der Waals surface area contributed by atoms with Crippen molar-refractivity contribution in [3.63, 3.8) is 0 Å². The smallest absolute Gasteiger partial charge is 0.338 e. The average molecular weight is 725 g/mol. The molecule has 1 aliphatic heterocycles. The largest absolute Gasteiger partial charge is 0.493 e. The van der Waals surface area contributed by atoms with Crippen LogP contribution in [0.15, 0.2) is 80.1 Å². The molecule has 0 amide bonds. The van der Waals surface area contributed by atoms with Gasteiger partial charge in [0.1, 0.15) is 6.61 Å². The molecule has 1 atom stereocenters. The Labute approximate surface area is 281 Å². The van der Waals surface area contributed by atoms with E-state index < -0.39 is 22.5 Å². The minimum Gasteiger partial charge on any atom is -0.493 e. The summed E-state index contributed by atoms with van der Waals surface area (Å²) in [5.74, 6) is 0.600. The molecule has 244 valence electrons. The third-order valence-corrected chi connectivity index (χ3v) is 9.02. The highest BCUT2D eigenvalue weighted by Gasteiger charge is 2.35. The van der Waals surface area contributed by atoms with Crippen LogP contribution < -0.4 is 33.8 Å². The Kier molecular flexibility index (Phi) is 10.1. The number of nitro benzene ring substituents is 1. The highest BCUT2D eigenvalue weighted by molar-refractivity contribution is 9.10. The molecule has 0 N–H and O–H groups in total. The first kappa shape index (κ1) is 33.4. The summed E-state index contributed by atoms with van der Waals surface area (Å²) in [7, 11) is 4.40. The van der Waals surface area contributed by atoms with Gasteiger partial charge in [0.2, 0.25) is 0 Å². The van der Waals surface area contributed by atoms with Crippen LogP contribution in [-0.4, -0.2) is 43.4 Å². The summed E-state index contributed by atoms with van der Waals surface area (Å²) in [6.07, 6.45) is 1.41. The minimum absolute atomic E-state index is 0.108. The number of thiazole rings is 1. The summed E-state index contributed by atoms with van der Waals surface area (Å²) in [5.41, 5.74) is 1.21. The van der Waals surface area contributed by atoms with E-state index in [0.29, 0.717) is 27.2 Å². The summed E-state index contributed by atoms with van der Waals surface area (Å²) in [6.45, 7) is 3.62. The van der Waals surface area contributed by atoms with Crippen molar-refractivity contribution in [2.75, 3.05) is 27.9 Å². The molecular weight excluding hydrogens is 694 g/mol. The number of allylic oxidation sites excluding steroid dienone is 1. The number of nitrogens with zero attached hydrogens (tertiary/aromatic N) is 3. The Hall–Kier alpha value is -4.95. The van der Waals surface area contributed by atoms with Gasteiger partial charge in [-0.2, -0.15) is 0 Å². The van der Waals surface area contributed by atoms with Crippen molar-refractivity contribution in [3.05, 3.63) is 117 Å². The van der Waals surface area contributed by atoms with Crippen molar-refractivity contribution < 1.29 is 33.4 Å². The van der Waals surface area contributed by atoms with Crippen LogP contribution in [0.2, 0.25) is 0 Å². The van der Waals surface area contributed by atoms with Crippen LogP contribution >= 0.6 is 27.3 Å². The van der Waals surface area contributed by atoms with Crippen LogP contribution in [0.5, 0.6) is 23.0 Å². The molecule has 0 saturated carbocycles. The first-order chi connectivity index (χ1) is 22.6. The Morgan fingerprint density at radius 1 is 1.04 bits per heavy atom. The first-order valence-corrected chi connectivity index (χ1v) is 15.9. The fourth-order valence-electron chi connectivity index (χ4n) is 5.15. The molecule has 0 unspecified atom stereocenters. The van der Waals surface area contributed by atoms with Gasteiger partial charge in [-0.1, -0.05) is 57.6 Å². The number of benzene rings is 3. The fraction of sp³-hybridized carbons (Fsp3) is 0.242. The quantitative estimate of drug-likeness (QED) is 0.118. The van der Waals surface area contributed by atoms with Gasteiger partial charge in [0.25, 0.3) is 11.2 Å². The Morgan fingerprint density at radius 3 is 2.34 bits per heavy atom. The van der Waals surface area contributed by atoms with Gasteiger partial charge >= 0.3 is 5.97 Å². The molecule has 0 spiro atoms. The van der Waals surface area contributed by atoms with Gasteiger partial charge in [0.15, 0.2) is 27.8 Å². The summed E-state index contributed by atoms with van der Waals surface area (Å²) in [5, 5.41) is 12.2. The first-order valence-electron chi connectivity index (χ1n) is 14.3. The van der Waals surface area contributed by atoms with Crippen LogP contribution in [0.25, 0.3) is 6.08 Å². The minimum atomic E-state index is -0.972. The number of halogens is 1. The number of nitro groups is 1. The lowest BCUT2D eigenvalue weighted by Crippen LogP contribution is -2.40.